The maximum Gasteiger partial charge on any atom is 0.0286 e. The fourth-order valence-electron chi connectivity index (χ4n) is 4.72. The van der Waals surface area contributed by atoms with Gasteiger partial charge >= 0.3 is 0 Å². The lowest BCUT2D eigenvalue weighted by Gasteiger charge is -2.66. The quantitative estimate of drug-likeness (QED) is 0.448. The van der Waals surface area contributed by atoms with E-state index >= 15 is 0 Å². The topological polar surface area (TPSA) is 48.1 Å². The maximum atomic E-state index is 3.53. The predicted molar refractivity (Wildman–Crippen MR) is 57.8 cm³/mol. The summed E-state index contributed by atoms with van der Waals surface area (Å²) < 4.78 is 0. The van der Waals surface area contributed by atoms with Crippen molar-refractivity contribution in [1.82, 2.24) is 21.7 Å². The van der Waals surface area contributed by atoms with E-state index in [2.05, 4.69) is 28.6 Å². The minimum Gasteiger partial charge on any atom is -0.254 e. The molecule has 0 radical (unpaired) electrons. The number of fused-ring (bicyclic) bond motifs is 4. The maximum absolute atomic E-state index is 3.53. The summed E-state index contributed by atoms with van der Waals surface area (Å²) in [6, 6.07) is 2.69. The molecule has 0 spiro atoms. The molecule has 0 aromatic heterocycles. The standard InChI is InChI=1S/C11H20N4/c1-11-8-4-2-6(12-14-8)10(11)7-3-5-9(11)15-13-7/h6-10,12-15H,2-5H2,1H3/t6-,7+,8+,9-,10?,11?. The first-order valence-corrected chi connectivity index (χ1v) is 6.32. The highest BCUT2D eigenvalue weighted by Gasteiger charge is 2.61. The SMILES string of the molecule is CC12C([C@@H]3CC[C@H]1NN3)[C@H]1CC[C@@H]2NN1. The molecule has 15 heavy (non-hydrogen) atoms. The van der Waals surface area contributed by atoms with Crippen molar-refractivity contribution in [2.24, 2.45) is 11.3 Å². The molecule has 4 bridgehead atoms. The van der Waals surface area contributed by atoms with Crippen LogP contribution in [0.1, 0.15) is 32.6 Å². The van der Waals surface area contributed by atoms with E-state index in [1.807, 2.05) is 0 Å². The number of nitrogens with one attached hydrogen (secondary N) is 4. The summed E-state index contributed by atoms with van der Waals surface area (Å²) in [5.41, 5.74) is 14.5. The smallest absolute Gasteiger partial charge is 0.0286 e. The molecule has 0 aromatic rings. The lowest BCUT2D eigenvalue weighted by atomic mass is 9.51. The Morgan fingerprint density at radius 1 is 0.800 bits per heavy atom. The Labute approximate surface area is 90.5 Å². The molecule has 2 saturated carbocycles. The third kappa shape index (κ3) is 0.923. The molecule has 0 aromatic carbocycles. The van der Waals surface area contributed by atoms with Crippen molar-refractivity contribution in [2.45, 2.75) is 56.8 Å². The Morgan fingerprint density at radius 2 is 1.33 bits per heavy atom. The largest absolute Gasteiger partial charge is 0.254 e. The Hall–Kier alpha value is -0.160. The second kappa shape index (κ2) is 2.74. The molecule has 6 rings (SSSR count). The molecule has 2 aliphatic carbocycles. The van der Waals surface area contributed by atoms with Crippen molar-refractivity contribution in [3.63, 3.8) is 0 Å². The Balaban J connectivity index is 1.80. The van der Waals surface area contributed by atoms with Crippen molar-refractivity contribution in [3.05, 3.63) is 0 Å². The second-order valence-corrected chi connectivity index (χ2v) is 5.94. The van der Waals surface area contributed by atoms with Crippen LogP contribution in [-0.4, -0.2) is 24.2 Å². The summed E-state index contributed by atoms with van der Waals surface area (Å²) in [5, 5.41) is 0. The zero-order chi connectivity index (χ0) is 10.0. The Bertz CT molecular complexity index is 252. The van der Waals surface area contributed by atoms with E-state index in [4.69, 9.17) is 0 Å². The van der Waals surface area contributed by atoms with Crippen molar-refractivity contribution >= 4 is 0 Å². The summed E-state index contributed by atoms with van der Waals surface area (Å²) in [6.45, 7) is 2.49. The summed E-state index contributed by atoms with van der Waals surface area (Å²) in [5.74, 6) is 0.817. The van der Waals surface area contributed by atoms with Crippen molar-refractivity contribution in [2.75, 3.05) is 0 Å². The van der Waals surface area contributed by atoms with Crippen LogP contribution in [0, 0.1) is 11.3 Å². The molecule has 4 heterocycles. The van der Waals surface area contributed by atoms with Crippen LogP contribution in [0.2, 0.25) is 0 Å². The van der Waals surface area contributed by atoms with Gasteiger partial charge < -0.3 is 0 Å². The third-order valence-corrected chi connectivity index (χ3v) is 5.51. The van der Waals surface area contributed by atoms with Crippen LogP contribution in [0.3, 0.4) is 0 Å². The van der Waals surface area contributed by atoms with E-state index < -0.39 is 0 Å². The molecule has 2 unspecified atom stereocenters. The first kappa shape index (κ1) is 8.93. The summed E-state index contributed by atoms with van der Waals surface area (Å²) in [4.78, 5) is 0. The Kier molecular flexibility index (Phi) is 1.63. The summed E-state index contributed by atoms with van der Waals surface area (Å²) >= 11 is 0. The fraction of sp³-hybridized carbons (Fsp3) is 1.00. The molecular formula is C11H20N4. The van der Waals surface area contributed by atoms with Gasteiger partial charge in [-0.15, -0.1) is 0 Å². The lowest BCUT2D eigenvalue weighted by molar-refractivity contribution is -0.125. The number of hydrazine groups is 2. The van der Waals surface area contributed by atoms with Crippen LogP contribution < -0.4 is 21.7 Å². The van der Waals surface area contributed by atoms with Gasteiger partial charge in [0.2, 0.25) is 0 Å². The van der Waals surface area contributed by atoms with Crippen LogP contribution in [0.5, 0.6) is 0 Å². The van der Waals surface area contributed by atoms with Crippen LogP contribution in [0.4, 0.5) is 0 Å². The zero-order valence-corrected chi connectivity index (χ0v) is 9.22. The van der Waals surface area contributed by atoms with Gasteiger partial charge in [0.15, 0.2) is 0 Å². The van der Waals surface area contributed by atoms with Crippen LogP contribution in [0.25, 0.3) is 0 Å². The molecule has 4 heteroatoms. The van der Waals surface area contributed by atoms with E-state index in [-0.39, 0.29) is 0 Å². The predicted octanol–water partition coefficient (Wildman–Crippen LogP) is -0.113. The minimum atomic E-state index is 0.461. The van der Waals surface area contributed by atoms with Crippen LogP contribution >= 0.6 is 0 Å². The van der Waals surface area contributed by atoms with E-state index in [0.29, 0.717) is 29.6 Å². The molecule has 4 N–H and O–H groups in total. The van der Waals surface area contributed by atoms with Crippen molar-refractivity contribution in [3.8, 4) is 0 Å². The molecular weight excluding hydrogens is 188 g/mol. The van der Waals surface area contributed by atoms with Crippen molar-refractivity contribution in [1.29, 1.82) is 0 Å². The highest BCUT2D eigenvalue weighted by atomic mass is 15.5. The monoisotopic (exact) mass is 208 g/mol. The third-order valence-electron chi connectivity index (χ3n) is 5.51. The molecule has 6 fully saturated rings. The first-order chi connectivity index (χ1) is 7.30. The number of hydrogen-bond acceptors (Lipinski definition) is 4. The molecule has 0 amide bonds. The van der Waals surface area contributed by atoms with Gasteiger partial charge in [-0.2, -0.15) is 0 Å². The lowest BCUT2D eigenvalue weighted by Crippen LogP contribution is -2.82. The highest BCUT2D eigenvalue weighted by Crippen LogP contribution is 2.53. The molecule has 4 nitrogen and oxygen atoms in total. The van der Waals surface area contributed by atoms with Gasteiger partial charge in [-0.05, 0) is 25.7 Å². The Morgan fingerprint density at radius 3 is 1.67 bits per heavy atom. The average Bonchev–Trinajstić information content (AvgIpc) is 2.31. The van der Waals surface area contributed by atoms with Gasteiger partial charge in [-0.3, -0.25) is 21.7 Å². The average molecular weight is 208 g/mol. The second-order valence-electron chi connectivity index (χ2n) is 5.94. The summed E-state index contributed by atoms with van der Waals surface area (Å²) in [7, 11) is 0. The number of rotatable bonds is 0. The zero-order valence-electron chi connectivity index (χ0n) is 9.22. The molecule has 6 aliphatic rings. The van der Waals surface area contributed by atoms with E-state index in [1.165, 1.54) is 25.7 Å². The van der Waals surface area contributed by atoms with Gasteiger partial charge in [-0.1, -0.05) is 6.92 Å². The van der Waals surface area contributed by atoms with Gasteiger partial charge in [0, 0.05) is 35.5 Å². The van der Waals surface area contributed by atoms with E-state index in [0.717, 1.165) is 5.92 Å². The first-order valence-electron chi connectivity index (χ1n) is 6.32. The van der Waals surface area contributed by atoms with Gasteiger partial charge in [-0.25, -0.2) is 0 Å². The van der Waals surface area contributed by atoms with Gasteiger partial charge in [0.05, 0.1) is 0 Å². The highest BCUT2D eigenvalue weighted by molar-refractivity contribution is 5.17. The van der Waals surface area contributed by atoms with E-state index in [1.54, 1.807) is 0 Å². The molecule has 6 atom stereocenters. The van der Waals surface area contributed by atoms with Crippen LogP contribution in [-0.2, 0) is 0 Å². The molecule has 4 saturated heterocycles. The number of hydrogen-bond donors (Lipinski definition) is 4. The van der Waals surface area contributed by atoms with Gasteiger partial charge in [0.1, 0.15) is 0 Å². The van der Waals surface area contributed by atoms with Gasteiger partial charge in [0.25, 0.3) is 0 Å². The minimum absolute atomic E-state index is 0.461. The van der Waals surface area contributed by atoms with Crippen molar-refractivity contribution < 1.29 is 0 Å². The van der Waals surface area contributed by atoms with E-state index in [9.17, 15) is 0 Å². The summed E-state index contributed by atoms with van der Waals surface area (Å²) in [6.07, 6.45) is 5.39. The molecule has 84 valence electrons. The van der Waals surface area contributed by atoms with Crippen LogP contribution in [0.15, 0.2) is 0 Å². The fourth-order valence-corrected chi connectivity index (χ4v) is 4.72. The normalized spacial score (nSPS) is 61.8. The molecule has 4 aliphatic heterocycles.